The summed E-state index contributed by atoms with van der Waals surface area (Å²) in [5, 5.41) is 96.8. The van der Waals surface area contributed by atoms with Gasteiger partial charge in [-0.1, -0.05) is 12.1 Å². The summed E-state index contributed by atoms with van der Waals surface area (Å²) in [6.07, 6.45) is -29.5. The molecule has 2 amide bonds. The number of benzene rings is 1. The van der Waals surface area contributed by atoms with Crippen molar-refractivity contribution in [3.05, 3.63) is 40.6 Å². The minimum Gasteiger partial charge on any atom is -0.623 e. The fourth-order valence-corrected chi connectivity index (χ4v) is 5.21. The normalized spacial score (nSPS) is 23.3. The van der Waals surface area contributed by atoms with Crippen LogP contribution < -0.4 is 10.6 Å². The molecule has 0 aliphatic carbocycles. The number of carbonyl (C=O) groups excluding carboxylic acids is 2. The zero-order chi connectivity index (χ0) is 48.2. The standard InChI is InChI=1S/C33H42F13N3O13/c1-27(2,13-48-18(53)7-8-28(34,35)29(36,37)30(38,39)31(40,41)32(42,43)33(44,45)46)49(60)10-15-5-3-14(4-6-15)9-47-25(59)22(57)21(56)24(16(52)11-50)62-26-23(58)20(55)19(54)17(12-51)61-26/h3-6,10,16-17,19-24,26,50-52,54-58H,7-9,11-13H2,1-2H3,(H,47,59)(H,48,53)/b49-10-/t16?,17?,19-,20?,21?,22?,23?,24+,26-/m0/s1. The molecule has 6 unspecified atom stereocenters. The van der Waals surface area contributed by atoms with Gasteiger partial charge >= 0.3 is 35.8 Å². The molecule has 10 N–H and O–H groups in total. The lowest BCUT2D eigenvalue weighted by Gasteiger charge is -2.42. The molecule has 0 radical (unpaired) electrons. The summed E-state index contributed by atoms with van der Waals surface area (Å²) in [7, 11) is 0. The average molecular weight is 936 g/mol. The Balaban J connectivity index is 2.02. The number of hydroxylamine groups is 1. The van der Waals surface area contributed by atoms with Gasteiger partial charge in [-0.15, -0.1) is 0 Å². The van der Waals surface area contributed by atoms with Gasteiger partial charge in [-0.25, -0.2) is 4.74 Å². The third-order valence-electron chi connectivity index (χ3n) is 9.33. The van der Waals surface area contributed by atoms with Gasteiger partial charge < -0.3 is 66.2 Å². The predicted octanol–water partition coefficient (Wildman–Crippen LogP) is -0.0941. The summed E-state index contributed by atoms with van der Waals surface area (Å²) in [5.74, 6) is -41.0. The number of rotatable bonds is 21. The molecule has 1 fully saturated rings. The summed E-state index contributed by atoms with van der Waals surface area (Å²) < 4.78 is 184. The minimum absolute atomic E-state index is 0.104. The van der Waals surface area contributed by atoms with Crippen molar-refractivity contribution < 1.29 is 122 Å². The summed E-state index contributed by atoms with van der Waals surface area (Å²) in [4.78, 5) is 24.7. The van der Waals surface area contributed by atoms with Crippen LogP contribution in [0.1, 0.15) is 37.8 Å². The second-order valence-corrected chi connectivity index (χ2v) is 14.5. The van der Waals surface area contributed by atoms with E-state index in [1.54, 1.807) is 5.32 Å². The van der Waals surface area contributed by atoms with Crippen molar-refractivity contribution in [1.82, 2.24) is 10.6 Å². The summed E-state index contributed by atoms with van der Waals surface area (Å²) >= 11 is 0. The van der Waals surface area contributed by atoms with Crippen molar-refractivity contribution in [1.29, 1.82) is 0 Å². The number of aliphatic hydroxyl groups is 8. The van der Waals surface area contributed by atoms with E-state index >= 15 is 0 Å². The average Bonchev–Trinajstić information content (AvgIpc) is 3.19. The highest BCUT2D eigenvalue weighted by Crippen LogP contribution is 2.60. The maximum absolute atomic E-state index is 14.1. The van der Waals surface area contributed by atoms with Crippen LogP contribution in [-0.2, 0) is 25.6 Å². The minimum atomic E-state index is -8.09. The first-order valence-electron chi connectivity index (χ1n) is 17.6. The maximum atomic E-state index is 14.1. The Bertz CT molecular complexity index is 1690. The molecular formula is C33H42F13N3O13. The monoisotopic (exact) mass is 935 g/mol. The van der Waals surface area contributed by atoms with Crippen molar-refractivity contribution in [2.24, 2.45) is 0 Å². The Labute approximate surface area is 340 Å². The molecule has 1 aliphatic rings. The Kier molecular flexibility index (Phi) is 17.6. The molecule has 9 atom stereocenters. The van der Waals surface area contributed by atoms with Crippen LogP contribution in [0.2, 0.25) is 0 Å². The summed E-state index contributed by atoms with van der Waals surface area (Å²) in [5.41, 5.74) is -1.37. The third kappa shape index (κ3) is 11.5. The van der Waals surface area contributed by atoms with E-state index in [9.17, 15) is 113 Å². The number of amides is 2. The number of carbonyl (C=O) groups is 2. The van der Waals surface area contributed by atoms with Gasteiger partial charge in [0.15, 0.2) is 24.1 Å². The smallest absolute Gasteiger partial charge is 0.460 e. The quantitative estimate of drug-likeness (QED) is 0.0255. The van der Waals surface area contributed by atoms with Gasteiger partial charge in [0.2, 0.25) is 5.91 Å². The van der Waals surface area contributed by atoms with Gasteiger partial charge in [-0.2, -0.15) is 57.1 Å². The molecule has 62 heavy (non-hydrogen) atoms. The van der Waals surface area contributed by atoms with Crippen LogP contribution in [0, 0.1) is 5.21 Å². The summed E-state index contributed by atoms with van der Waals surface area (Å²) in [6.45, 7) is -0.990. The molecule has 16 nitrogen and oxygen atoms in total. The SMILES string of the molecule is CC(C)(CNC(=O)CCC(F)(F)C(F)(F)C(F)(F)C(F)(F)C(F)(F)C(F)(F)F)/[N+]([O-])=C/c1ccc(CNC(=O)C(O)C(O)[C@H](O[C@@H]2OC(CO)[C@H](O)C(O)C2O)C(O)CO)cc1. The highest BCUT2D eigenvalue weighted by atomic mass is 19.4. The first-order valence-corrected chi connectivity index (χ1v) is 17.6. The highest BCUT2D eigenvalue weighted by molar-refractivity contribution is 5.81. The molecule has 1 heterocycles. The first-order chi connectivity index (χ1) is 28.1. The molecule has 0 saturated carbocycles. The number of nitrogens with one attached hydrogen (secondary N) is 2. The van der Waals surface area contributed by atoms with Gasteiger partial charge in [0.25, 0.3) is 5.91 Å². The number of halogens is 13. The molecule has 0 aromatic heterocycles. The second kappa shape index (κ2) is 20.0. The van der Waals surface area contributed by atoms with E-state index in [0.717, 1.165) is 20.1 Å². The molecule has 358 valence electrons. The molecule has 0 spiro atoms. The van der Waals surface area contributed by atoms with Crippen LogP contribution in [0.25, 0.3) is 0 Å². The number of ether oxygens (including phenoxy) is 2. The van der Waals surface area contributed by atoms with Crippen molar-refractivity contribution in [3.63, 3.8) is 0 Å². The lowest BCUT2D eigenvalue weighted by molar-refractivity contribution is -0.533. The lowest BCUT2D eigenvalue weighted by atomic mass is 9.92. The van der Waals surface area contributed by atoms with Crippen molar-refractivity contribution in [2.75, 3.05) is 19.8 Å². The fraction of sp³-hybridized carbons (Fsp3) is 0.727. The largest absolute Gasteiger partial charge is 0.623 e. The van der Waals surface area contributed by atoms with Gasteiger partial charge in [0.05, 0.1) is 19.8 Å². The number of hydrogen-bond donors (Lipinski definition) is 10. The Hall–Kier alpha value is -3.68. The van der Waals surface area contributed by atoms with E-state index in [0.29, 0.717) is 0 Å². The maximum Gasteiger partial charge on any atom is 0.460 e. The molecule has 29 heteroatoms. The number of aliphatic hydroxyl groups excluding tert-OH is 8. The predicted molar refractivity (Wildman–Crippen MR) is 178 cm³/mol. The second-order valence-electron chi connectivity index (χ2n) is 14.5. The lowest BCUT2D eigenvalue weighted by Crippen LogP contribution is -2.70. The Morgan fingerprint density at radius 2 is 1.35 bits per heavy atom. The van der Waals surface area contributed by atoms with Gasteiger partial charge in [0, 0.05) is 38.8 Å². The van der Waals surface area contributed by atoms with Crippen LogP contribution in [-0.4, -0.2) is 180 Å². The van der Waals surface area contributed by atoms with E-state index in [-0.39, 0.29) is 22.4 Å². The topological polar surface area (TPSA) is 265 Å². The van der Waals surface area contributed by atoms with E-state index in [2.05, 4.69) is 5.32 Å². The van der Waals surface area contributed by atoms with Crippen molar-refractivity contribution in [3.8, 4) is 0 Å². The molecule has 1 aromatic carbocycles. The Morgan fingerprint density at radius 1 is 0.823 bits per heavy atom. The van der Waals surface area contributed by atoms with Gasteiger partial charge in [-0.3, -0.25) is 9.59 Å². The number of nitrogens with zero attached hydrogens (tertiary/aromatic N) is 1. The van der Waals surface area contributed by atoms with Crippen LogP contribution in [0.3, 0.4) is 0 Å². The van der Waals surface area contributed by atoms with Gasteiger partial charge in [-0.05, 0) is 17.7 Å². The highest BCUT2D eigenvalue weighted by Gasteiger charge is 2.90. The zero-order valence-corrected chi connectivity index (χ0v) is 31.8. The molecular weight excluding hydrogens is 893 g/mol. The number of hydrogen-bond acceptors (Lipinski definition) is 13. The van der Waals surface area contributed by atoms with Crippen LogP contribution in [0.5, 0.6) is 0 Å². The van der Waals surface area contributed by atoms with Crippen molar-refractivity contribution in [2.45, 2.75) is 130 Å². The summed E-state index contributed by atoms with van der Waals surface area (Å²) in [6, 6.07) is 5.14. The third-order valence-corrected chi connectivity index (χ3v) is 9.33. The van der Waals surface area contributed by atoms with E-state index in [1.807, 2.05) is 0 Å². The van der Waals surface area contributed by atoms with Crippen LogP contribution in [0.4, 0.5) is 57.1 Å². The molecule has 1 saturated heterocycles. The molecule has 1 aliphatic heterocycles. The van der Waals surface area contributed by atoms with E-state index < -0.39 is 141 Å². The molecule has 0 bridgehead atoms. The Morgan fingerprint density at radius 3 is 1.85 bits per heavy atom. The van der Waals surface area contributed by atoms with Crippen molar-refractivity contribution >= 4 is 18.0 Å². The zero-order valence-electron chi connectivity index (χ0n) is 31.8. The van der Waals surface area contributed by atoms with Crippen LogP contribution >= 0.6 is 0 Å². The van der Waals surface area contributed by atoms with E-state index in [4.69, 9.17) is 9.47 Å². The van der Waals surface area contributed by atoms with E-state index in [1.165, 1.54) is 24.3 Å². The number of alkyl halides is 13. The van der Waals surface area contributed by atoms with Crippen LogP contribution in [0.15, 0.2) is 24.3 Å². The fourth-order valence-electron chi connectivity index (χ4n) is 5.21. The molecule has 1 aromatic rings. The first kappa shape index (κ1) is 54.5. The molecule has 2 rings (SSSR count). The van der Waals surface area contributed by atoms with Gasteiger partial charge in [0.1, 0.15) is 42.7 Å².